The molecule has 2 N–H and O–H groups in total. The number of aromatic hydroxyl groups is 1. The molecule has 2 aromatic carbocycles. The lowest BCUT2D eigenvalue weighted by atomic mass is 9.99. The lowest BCUT2D eigenvalue weighted by Crippen LogP contribution is -2.23. The van der Waals surface area contributed by atoms with Crippen molar-refractivity contribution in [1.29, 1.82) is 0 Å². The number of ether oxygens (including phenoxy) is 1. The van der Waals surface area contributed by atoms with E-state index in [1.165, 1.54) is 11.1 Å². The Balaban J connectivity index is 1.86. The predicted molar refractivity (Wildman–Crippen MR) is 75.3 cm³/mol. The van der Waals surface area contributed by atoms with Gasteiger partial charge in [-0.25, -0.2) is 0 Å². The Labute approximate surface area is 112 Å². The average Bonchev–Trinajstić information content (AvgIpc) is 2.43. The fourth-order valence-corrected chi connectivity index (χ4v) is 2.40. The van der Waals surface area contributed by atoms with Crippen molar-refractivity contribution in [2.75, 3.05) is 11.9 Å². The molecule has 19 heavy (non-hydrogen) atoms. The minimum absolute atomic E-state index is 0.132. The van der Waals surface area contributed by atoms with Gasteiger partial charge in [0.15, 0.2) is 0 Å². The van der Waals surface area contributed by atoms with Crippen LogP contribution in [0.1, 0.15) is 22.7 Å². The first-order valence-electron chi connectivity index (χ1n) is 6.46. The van der Waals surface area contributed by atoms with Crippen LogP contribution in [0.15, 0.2) is 42.5 Å². The van der Waals surface area contributed by atoms with Crippen molar-refractivity contribution >= 4 is 5.69 Å². The number of hydrogen-bond acceptors (Lipinski definition) is 3. The van der Waals surface area contributed by atoms with Gasteiger partial charge in [-0.2, -0.15) is 0 Å². The zero-order valence-electron chi connectivity index (χ0n) is 10.9. The van der Waals surface area contributed by atoms with E-state index in [9.17, 15) is 5.11 Å². The second-order valence-corrected chi connectivity index (χ2v) is 4.91. The van der Waals surface area contributed by atoms with Crippen LogP contribution in [-0.4, -0.2) is 11.7 Å². The smallest absolute Gasteiger partial charge is 0.120 e. The van der Waals surface area contributed by atoms with Gasteiger partial charge in [-0.15, -0.1) is 0 Å². The maximum absolute atomic E-state index is 9.75. The molecule has 1 aliphatic rings. The lowest BCUT2D eigenvalue weighted by Gasteiger charge is -2.27. The van der Waals surface area contributed by atoms with Gasteiger partial charge in [0.25, 0.3) is 0 Å². The van der Waals surface area contributed by atoms with Gasteiger partial charge >= 0.3 is 0 Å². The first kappa shape index (κ1) is 12.1. The highest BCUT2D eigenvalue weighted by atomic mass is 16.5. The number of phenols is 1. The molecule has 1 heterocycles. The van der Waals surface area contributed by atoms with E-state index in [2.05, 4.69) is 17.4 Å². The van der Waals surface area contributed by atoms with E-state index in [1.807, 2.05) is 31.2 Å². The number of fused-ring (bicyclic) bond motifs is 1. The molecular formula is C16H17NO2. The Hall–Kier alpha value is -2.00. The van der Waals surface area contributed by atoms with E-state index in [-0.39, 0.29) is 6.04 Å². The average molecular weight is 255 g/mol. The van der Waals surface area contributed by atoms with Crippen LogP contribution in [0.4, 0.5) is 5.69 Å². The zero-order valence-corrected chi connectivity index (χ0v) is 10.9. The zero-order chi connectivity index (χ0) is 13.2. The number of phenolic OH excluding ortho intramolecular Hbond substituents is 1. The molecular weight excluding hydrogens is 238 g/mol. The Bertz CT molecular complexity index is 595. The largest absolute Gasteiger partial charge is 0.508 e. The monoisotopic (exact) mass is 255 g/mol. The van der Waals surface area contributed by atoms with E-state index in [4.69, 9.17) is 4.74 Å². The van der Waals surface area contributed by atoms with Gasteiger partial charge in [0.2, 0.25) is 0 Å². The summed E-state index contributed by atoms with van der Waals surface area (Å²) in [5.41, 5.74) is 4.29. The van der Waals surface area contributed by atoms with E-state index in [0.717, 1.165) is 11.3 Å². The van der Waals surface area contributed by atoms with E-state index < -0.39 is 0 Å². The molecule has 3 heteroatoms. The molecule has 0 bridgehead atoms. The minimum Gasteiger partial charge on any atom is -0.508 e. The quantitative estimate of drug-likeness (QED) is 0.864. The molecule has 3 nitrogen and oxygen atoms in total. The summed E-state index contributed by atoms with van der Waals surface area (Å²) in [4.78, 5) is 0. The second kappa shape index (κ2) is 4.94. The van der Waals surface area contributed by atoms with Crippen molar-refractivity contribution in [2.45, 2.75) is 19.6 Å². The van der Waals surface area contributed by atoms with Gasteiger partial charge in [0.1, 0.15) is 5.75 Å². The second-order valence-electron chi connectivity index (χ2n) is 4.91. The van der Waals surface area contributed by atoms with Crippen molar-refractivity contribution < 1.29 is 9.84 Å². The highest BCUT2D eigenvalue weighted by Gasteiger charge is 2.20. The van der Waals surface area contributed by atoms with Gasteiger partial charge in [0, 0.05) is 11.8 Å². The summed E-state index contributed by atoms with van der Waals surface area (Å²) in [7, 11) is 0. The van der Waals surface area contributed by atoms with Gasteiger partial charge in [-0.1, -0.05) is 30.3 Å². The lowest BCUT2D eigenvalue weighted by molar-refractivity contribution is 0.0970. The van der Waals surface area contributed by atoms with Gasteiger partial charge in [0.05, 0.1) is 19.3 Å². The van der Waals surface area contributed by atoms with Gasteiger partial charge in [-0.3, -0.25) is 0 Å². The Kier molecular flexibility index (Phi) is 3.13. The van der Waals surface area contributed by atoms with Crippen LogP contribution in [0.5, 0.6) is 5.75 Å². The Morgan fingerprint density at radius 3 is 2.89 bits per heavy atom. The number of hydrogen-bond donors (Lipinski definition) is 2. The maximum Gasteiger partial charge on any atom is 0.120 e. The maximum atomic E-state index is 9.75. The Morgan fingerprint density at radius 1 is 1.21 bits per heavy atom. The normalized spacial score (nSPS) is 17.8. The molecule has 0 amide bonds. The molecule has 0 aromatic heterocycles. The standard InChI is InChI=1S/C16H17NO2/c1-11-6-7-13(8-16(11)18)17-15-10-19-9-12-4-2-3-5-14(12)15/h2-8,15,17-18H,9-10H2,1H3. The molecule has 0 saturated carbocycles. The fraction of sp³-hybridized carbons (Fsp3) is 0.250. The fourth-order valence-electron chi connectivity index (χ4n) is 2.40. The highest BCUT2D eigenvalue weighted by molar-refractivity contribution is 5.53. The van der Waals surface area contributed by atoms with E-state index in [0.29, 0.717) is 19.0 Å². The van der Waals surface area contributed by atoms with E-state index in [1.54, 1.807) is 6.07 Å². The highest BCUT2D eigenvalue weighted by Crippen LogP contribution is 2.29. The first-order chi connectivity index (χ1) is 9.24. The third-order valence-corrected chi connectivity index (χ3v) is 3.52. The topological polar surface area (TPSA) is 41.5 Å². The first-order valence-corrected chi connectivity index (χ1v) is 6.46. The number of rotatable bonds is 2. The summed E-state index contributed by atoms with van der Waals surface area (Å²) in [5.74, 6) is 0.315. The molecule has 0 aliphatic carbocycles. The Morgan fingerprint density at radius 2 is 2.05 bits per heavy atom. The number of nitrogens with one attached hydrogen (secondary N) is 1. The molecule has 0 saturated heterocycles. The molecule has 1 aliphatic heterocycles. The van der Waals surface area contributed by atoms with Crippen molar-refractivity contribution in [1.82, 2.24) is 0 Å². The van der Waals surface area contributed by atoms with Crippen molar-refractivity contribution in [2.24, 2.45) is 0 Å². The summed E-state index contributed by atoms with van der Waals surface area (Å²) in [5, 5.41) is 13.2. The molecule has 1 unspecified atom stereocenters. The summed E-state index contributed by atoms with van der Waals surface area (Å²) in [6.45, 7) is 3.21. The molecule has 0 fully saturated rings. The van der Waals surface area contributed by atoms with Gasteiger partial charge < -0.3 is 15.2 Å². The molecule has 0 radical (unpaired) electrons. The number of benzene rings is 2. The third kappa shape index (κ3) is 2.42. The molecule has 1 atom stereocenters. The summed E-state index contributed by atoms with van der Waals surface area (Å²) >= 11 is 0. The van der Waals surface area contributed by atoms with Crippen molar-refractivity contribution in [3.8, 4) is 5.75 Å². The minimum atomic E-state index is 0.132. The summed E-state index contributed by atoms with van der Waals surface area (Å²) in [6.07, 6.45) is 0. The molecule has 98 valence electrons. The third-order valence-electron chi connectivity index (χ3n) is 3.52. The van der Waals surface area contributed by atoms with Crippen LogP contribution in [-0.2, 0) is 11.3 Å². The van der Waals surface area contributed by atoms with Crippen LogP contribution in [0.2, 0.25) is 0 Å². The number of anilines is 1. The molecule has 0 spiro atoms. The summed E-state index contributed by atoms with van der Waals surface area (Å²) in [6, 6.07) is 14.1. The van der Waals surface area contributed by atoms with Crippen LogP contribution >= 0.6 is 0 Å². The predicted octanol–water partition coefficient (Wildman–Crippen LogP) is 3.38. The van der Waals surface area contributed by atoms with Crippen LogP contribution < -0.4 is 5.32 Å². The van der Waals surface area contributed by atoms with Crippen molar-refractivity contribution in [3.63, 3.8) is 0 Å². The number of aryl methyl sites for hydroxylation is 1. The molecule has 3 rings (SSSR count). The molecule has 2 aromatic rings. The summed E-state index contributed by atoms with van der Waals surface area (Å²) < 4.78 is 5.61. The van der Waals surface area contributed by atoms with Crippen LogP contribution in [0, 0.1) is 6.92 Å². The van der Waals surface area contributed by atoms with Gasteiger partial charge in [-0.05, 0) is 29.7 Å². The SMILES string of the molecule is Cc1ccc(NC2COCc3ccccc32)cc1O. The van der Waals surface area contributed by atoms with Crippen LogP contribution in [0.3, 0.4) is 0 Å². The van der Waals surface area contributed by atoms with Crippen LogP contribution in [0.25, 0.3) is 0 Å². The van der Waals surface area contributed by atoms with Crippen molar-refractivity contribution in [3.05, 3.63) is 59.2 Å². The van der Waals surface area contributed by atoms with E-state index >= 15 is 0 Å².